The topological polar surface area (TPSA) is 50.8 Å². The molecule has 3 rings (SSSR count). The number of fused-ring (bicyclic) bond motifs is 1. The molecule has 3 aromatic rings. The maximum absolute atomic E-state index is 13.9. The third-order valence-electron chi connectivity index (χ3n) is 2.91. The van der Waals surface area contributed by atoms with Crippen LogP contribution in [0, 0.1) is 12.7 Å². The van der Waals surface area contributed by atoms with E-state index in [2.05, 4.69) is 15.0 Å². The fourth-order valence-electron chi connectivity index (χ4n) is 1.93. The summed E-state index contributed by atoms with van der Waals surface area (Å²) in [6, 6.07) is 8.58. The minimum Gasteiger partial charge on any atom is -0.481 e. The molecule has 4 nitrogen and oxygen atoms in total. The monoisotopic (exact) mass is 257 g/mol. The molecule has 0 spiro atoms. The number of H-pyrrole nitrogens is 1. The summed E-state index contributed by atoms with van der Waals surface area (Å²) in [5, 5.41) is 0. The van der Waals surface area contributed by atoms with Crippen LogP contribution < -0.4 is 4.74 Å². The number of ether oxygens (including phenoxy) is 1. The third-order valence-corrected chi connectivity index (χ3v) is 2.91. The molecule has 19 heavy (non-hydrogen) atoms. The van der Waals surface area contributed by atoms with E-state index in [-0.39, 0.29) is 5.82 Å². The number of methoxy groups -OCH3 is 1. The van der Waals surface area contributed by atoms with Gasteiger partial charge in [0.25, 0.3) is 0 Å². The number of nitrogens with one attached hydrogen (secondary N) is 1. The quantitative estimate of drug-likeness (QED) is 0.767. The van der Waals surface area contributed by atoms with Gasteiger partial charge in [0.2, 0.25) is 5.88 Å². The van der Waals surface area contributed by atoms with E-state index in [4.69, 9.17) is 4.74 Å². The number of aryl methyl sites for hydroxylation is 1. The second kappa shape index (κ2) is 4.35. The van der Waals surface area contributed by atoms with Gasteiger partial charge in [0, 0.05) is 6.07 Å². The number of rotatable bonds is 2. The van der Waals surface area contributed by atoms with Crippen molar-refractivity contribution in [1.29, 1.82) is 0 Å². The highest BCUT2D eigenvalue weighted by Crippen LogP contribution is 2.24. The van der Waals surface area contributed by atoms with Crippen molar-refractivity contribution in [2.24, 2.45) is 0 Å². The van der Waals surface area contributed by atoms with Crippen LogP contribution in [0.2, 0.25) is 0 Å². The third kappa shape index (κ3) is 2.03. The highest BCUT2D eigenvalue weighted by molar-refractivity contribution is 5.76. The van der Waals surface area contributed by atoms with Gasteiger partial charge >= 0.3 is 0 Å². The van der Waals surface area contributed by atoms with E-state index in [1.54, 1.807) is 19.2 Å². The largest absolute Gasteiger partial charge is 0.481 e. The number of nitrogens with zero attached hydrogens (tertiary/aromatic N) is 2. The Morgan fingerprint density at radius 2 is 2.00 bits per heavy atom. The van der Waals surface area contributed by atoms with Crippen LogP contribution in [0.1, 0.15) is 5.56 Å². The fraction of sp³-hybridized carbons (Fsp3) is 0.143. The molecular formula is C14H12FN3O. The summed E-state index contributed by atoms with van der Waals surface area (Å²) in [4.78, 5) is 11.5. The number of imidazole rings is 1. The maximum atomic E-state index is 13.9. The predicted octanol–water partition coefficient (Wildman–Crippen LogP) is 3.08. The molecule has 0 atom stereocenters. The Morgan fingerprint density at radius 3 is 2.74 bits per heavy atom. The first-order valence-electron chi connectivity index (χ1n) is 5.84. The second-order valence-electron chi connectivity index (χ2n) is 4.29. The Morgan fingerprint density at radius 1 is 1.16 bits per heavy atom. The van der Waals surface area contributed by atoms with Crippen LogP contribution >= 0.6 is 0 Å². The Balaban J connectivity index is 2.14. The Bertz CT molecular complexity index is 752. The zero-order valence-corrected chi connectivity index (χ0v) is 10.6. The molecule has 0 saturated heterocycles. The molecular weight excluding hydrogens is 245 g/mol. The minimum atomic E-state index is -0.300. The Kier molecular flexibility index (Phi) is 2.67. The Labute approximate surface area is 109 Å². The van der Waals surface area contributed by atoms with Crippen LogP contribution in [0.25, 0.3) is 22.6 Å². The van der Waals surface area contributed by atoms with Crippen molar-refractivity contribution >= 4 is 11.2 Å². The number of pyridine rings is 1. The summed E-state index contributed by atoms with van der Waals surface area (Å²) in [5.74, 6) is 0.647. The van der Waals surface area contributed by atoms with Crippen LogP contribution in [0.4, 0.5) is 4.39 Å². The molecule has 0 saturated carbocycles. The molecule has 0 bridgehead atoms. The van der Waals surface area contributed by atoms with Gasteiger partial charge in [-0.2, -0.15) is 4.98 Å². The summed E-state index contributed by atoms with van der Waals surface area (Å²) in [5.41, 5.74) is 2.56. The van der Waals surface area contributed by atoms with E-state index in [1.165, 1.54) is 6.07 Å². The van der Waals surface area contributed by atoms with Gasteiger partial charge < -0.3 is 9.72 Å². The van der Waals surface area contributed by atoms with Crippen molar-refractivity contribution in [2.45, 2.75) is 6.92 Å². The van der Waals surface area contributed by atoms with Crippen molar-refractivity contribution in [3.63, 3.8) is 0 Å². The number of aromatic amines is 1. The number of hydrogen-bond donors (Lipinski definition) is 1. The number of benzene rings is 1. The smallest absolute Gasteiger partial charge is 0.215 e. The molecule has 5 heteroatoms. The molecule has 2 heterocycles. The van der Waals surface area contributed by atoms with Gasteiger partial charge in [-0.3, -0.25) is 0 Å². The van der Waals surface area contributed by atoms with Crippen molar-refractivity contribution in [2.75, 3.05) is 7.11 Å². The highest BCUT2D eigenvalue weighted by atomic mass is 19.1. The van der Waals surface area contributed by atoms with Gasteiger partial charge in [-0.05, 0) is 30.7 Å². The molecule has 0 unspecified atom stereocenters. The van der Waals surface area contributed by atoms with Crippen LogP contribution in [0.5, 0.6) is 5.88 Å². The molecule has 0 fully saturated rings. The normalized spacial score (nSPS) is 10.9. The van der Waals surface area contributed by atoms with Crippen molar-refractivity contribution in [3.05, 3.63) is 41.7 Å². The van der Waals surface area contributed by atoms with E-state index >= 15 is 0 Å². The zero-order valence-electron chi connectivity index (χ0n) is 10.6. The van der Waals surface area contributed by atoms with E-state index in [0.29, 0.717) is 22.9 Å². The van der Waals surface area contributed by atoms with Crippen molar-refractivity contribution in [3.8, 4) is 17.3 Å². The number of halogens is 1. The summed E-state index contributed by atoms with van der Waals surface area (Å²) in [6.45, 7) is 1.85. The summed E-state index contributed by atoms with van der Waals surface area (Å²) in [7, 11) is 1.54. The summed E-state index contributed by atoms with van der Waals surface area (Å²) in [6.07, 6.45) is 0. The van der Waals surface area contributed by atoms with E-state index in [1.807, 2.05) is 19.1 Å². The van der Waals surface area contributed by atoms with E-state index in [9.17, 15) is 4.39 Å². The lowest BCUT2D eigenvalue weighted by molar-refractivity contribution is 0.399. The van der Waals surface area contributed by atoms with Crippen LogP contribution in [0.3, 0.4) is 0 Å². The van der Waals surface area contributed by atoms with E-state index < -0.39 is 0 Å². The van der Waals surface area contributed by atoms with Gasteiger partial charge in [0.15, 0.2) is 5.65 Å². The molecule has 1 N–H and O–H groups in total. The van der Waals surface area contributed by atoms with E-state index in [0.717, 1.165) is 11.1 Å². The minimum absolute atomic E-state index is 0.300. The average molecular weight is 257 g/mol. The standard InChI is InChI=1S/C14H12FN3O/c1-8-3-4-9(10(15)7-8)13-16-11-5-6-12(19-2)17-14(11)18-13/h3-7H,1-2H3,(H,16,17,18). The Hall–Kier alpha value is -2.43. The predicted molar refractivity (Wildman–Crippen MR) is 70.6 cm³/mol. The second-order valence-corrected chi connectivity index (χ2v) is 4.29. The first-order valence-corrected chi connectivity index (χ1v) is 5.84. The SMILES string of the molecule is COc1ccc2[nH]c(-c3ccc(C)cc3F)nc2n1. The van der Waals surface area contributed by atoms with Crippen LogP contribution in [0.15, 0.2) is 30.3 Å². The number of hydrogen-bond acceptors (Lipinski definition) is 3. The van der Waals surface area contributed by atoms with Gasteiger partial charge in [0.1, 0.15) is 11.6 Å². The molecule has 0 aliphatic rings. The van der Waals surface area contributed by atoms with Crippen molar-refractivity contribution < 1.29 is 9.13 Å². The van der Waals surface area contributed by atoms with Gasteiger partial charge in [-0.1, -0.05) is 6.07 Å². The zero-order chi connectivity index (χ0) is 13.4. The van der Waals surface area contributed by atoms with Gasteiger partial charge in [-0.25, -0.2) is 9.37 Å². The molecule has 2 aromatic heterocycles. The lowest BCUT2D eigenvalue weighted by Gasteiger charge is -1.99. The lowest BCUT2D eigenvalue weighted by atomic mass is 10.1. The molecule has 0 amide bonds. The van der Waals surface area contributed by atoms with Crippen molar-refractivity contribution in [1.82, 2.24) is 15.0 Å². The summed E-state index contributed by atoms with van der Waals surface area (Å²) < 4.78 is 18.9. The molecule has 0 aliphatic carbocycles. The molecule has 1 aromatic carbocycles. The first kappa shape index (κ1) is 11.6. The highest BCUT2D eigenvalue weighted by Gasteiger charge is 2.11. The lowest BCUT2D eigenvalue weighted by Crippen LogP contribution is -1.88. The average Bonchev–Trinajstić information content (AvgIpc) is 2.80. The fourth-order valence-corrected chi connectivity index (χ4v) is 1.93. The molecule has 0 radical (unpaired) electrons. The molecule has 96 valence electrons. The van der Waals surface area contributed by atoms with Gasteiger partial charge in [-0.15, -0.1) is 0 Å². The van der Waals surface area contributed by atoms with Crippen LogP contribution in [-0.2, 0) is 0 Å². The first-order chi connectivity index (χ1) is 9.17. The van der Waals surface area contributed by atoms with Crippen LogP contribution in [-0.4, -0.2) is 22.1 Å². The number of aromatic nitrogens is 3. The molecule has 0 aliphatic heterocycles. The summed E-state index contributed by atoms with van der Waals surface area (Å²) >= 11 is 0. The van der Waals surface area contributed by atoms with Gasteiger partial charge in [0.05, 0.1) is 18.2 Å². The maximum Gasteiger partial charge on any atom is 0.215 e.